The zero-order chi connectivity index (χ0) is 24.4. The number of hydrogen-bond donors (Lipinski definition) is 1. The van der Waals surface area contributed by atoms with Crippen LogP contribution in [0.4, 0.5) is 0 Å². The van der Waals surface area contributed by atoms with Crippen molar-refractivity contribution in [3.63, 3.8) is 0 Å². The summed E-state index contributed by atoms with van der Waals surface area (Å²) in [6, 6.07) is 12.3. The third kappa shape index (κ3) is 4.91. The van der Waals surface area contributed by atoms with Crippen molar-refractivity contribution in [1.82, 2.24) is 9.80 Å². The lowest BCUT2D eigenvalue weighted by Gasteiger charge is -2.37. The number of amides is 2. The Bertz CT molecular complexity index is 1180. The van der Waals surface area contributed by atoms with Crippen LogP contribution in [0.3, 0.4) is 0 Å². The van der Waals surface area contributed by atoms with Gasteiger partial charge in [0, 0.05) is 42.4 Å². The molecule has 2 aliphatic rings. The molecule has 0 saturated carbocycles. The summed E-state index contributed by atoms with van der Waals surface area (Å²) in [6.07, 6.45) is 0.452. The molecule has 2 heterocycles. The highest BCUT2D eigenvalue weighted by atomic mass is 35.5. The van der Waals surface area contributed by atoms with Crippen molar-refractivity contribution in [3.05, 3.63) is 74.9 Å². The Hall–Kier alpha value is -3.03. The molecule has 2 amide bonds. The van der Waals surface area contributed by atoms with Crippen molar-refractivity contribution in [3.8, 4) is 5.75 Å². The lowest BCUT2D eigenvalue weighted by atomic mass is 9.94. The molecule has 34 heavy (non-hydrogen) atoms. The molecule has 2 aromatic carbocycles. The molecular formula is C25H26Cl2N4O3. The molecule has 2 aromatic rings. The van der Waals surface area contributed by atoms with E-state index >= 15 is 0 Å². The number of ether oxygens (including phenoxy) is 1. The molecule has 0 radical (unpaired) electrons. The number of hydrogen-bond acceptors (Lipinski definition) is 5. The summed E-state index contributed by atoms with van der Waals surface area (Å²) < 4.78 is 5.21. The number of benzene rings is 2. The Morgan fingerprint density at radius 2 is 1.91 bits per heavy atom. The molecule has 178 valence electrons. The number of methoxy groups -OCH3 is 1. The van der Waals surface area contributed by atoms with E-state index in [0.717, 1.165) is 11.3 Å². The summed E-state index contributed by atoms with van der Waals surface area (Å²) in [5.74, 6) is 0.378. The average Bonchev–Trinajstić information content (AvgIpc) is 2.83. The van der Waals surface area contributed by atoms with Gasteiger partial charge in [0.05, 0.1) is 30.2 Å². The molecule has 0 fully saturated rings. The maximum absolute atomic E-state index is 13.4. The standard InChI is InChI=1S/C25H26Cl2N4O3/c1-15-11-22(28)19(14-31(15)24(32)17-5-8-20(26)21(27)12-17)23-25(33)30(10-9-29-23)13-16-3-6-18(34-2)7-4-16/h3-8,12,15H,9-11,13-14,28H2,1-2H3/t15-/m0/s1. The average molecular weight is 501 g/mol. The van der Waals surface area contributed by atoms with Crippen molar-refractivity contribution in [2.24, 2.45) is 10.7 Å². The topological polar surface area (TPSA) is 88.2 Å². The van der Waals surface area contributed by atoms with E-state index in [2.05, 4.69) is 4.99 Å². The third-order valence-corrected chi connectivity index (χ3v) is 6.88. The lowest BCUT2D eigenvalue weighted by molar-refractivity contribution is -0.125. The normalized spacial score (nSPS) is 18.8. The Morgan fingerprint density at radius 1 is 1.18 bits per heavy atom. The Balaban J connectivity index is 1.54. The zero-order valence-electron chi connectivity index (χ0n) is 19.1. The monoisotopic (exact) mass is 500 g/mol. The highest BCUT2D eigenvalue weighted by molar-refractivity contribution is 6.46. The molecule has 1 atom stereocenters. The number of nitrogens with zero attached hydrogens (tertiary/aromatic N) is 3. The second-order valence-corrected chi connectivity index (χ2v) is 9.24. The number of halogens is 2. The second-order valence-electron chi connectivity index (χ2n) is 8.42. The number of carbonyl (C=O) groups excluding carboxylic acids is 2. The minimum absolute atomic E-state index is 0.139. The van der Waals surface area contributed by atoms with Crippen LogP contribution in [-0.4, -0.2) is 60.1 Å². The van der Waals surface area contributed by atoms with Crippen LogP contribution in [-0.2, 0) is 11.3 Å². The molecule has 0 saturated heterocycles. The van der Waals surface area contributed by atoms with Gasteiger partial charge in [-0.05, 0) is 42.8 Å². The molecule has 4 rings (SSSR count). The maximum Gasteiger partial charge on any atom is 0.272 e. The van der Waals surface area contributed by atoms with E-state index in [1.807, 2.05) is 31.2 Å². The van der Waals surface area contributed by atoms with Gasteiger partial charge in [-0.15, -0.1) is 0 Å². The van der Waals surface area contributed by atoms with Gasteiger partial charge in [0.2, 0.25) is 0 Å². The molecule has 7 nitrogen and oxygen atoms in total. The van der Waals surface area contributed by atoms with Gasteiger partial charge in [0.15, 0.2) is 0 Å². The van der Waals surface area contributed by atoms with Gasteiger partial charge in [-0.2, -0.15) is 0 Å². The molecule has 2 N–H and O–H groups in total. The van der Waals surface area contributed by atoms with Gasteiger partial charge in [-0.1, -0.05) is 35.3 Å². The largest absolute Gasteiger partial charge is 0.497 e. The van der Waals surface area contributed by atoms with E-state index in [0.29, 0.717) is 58.6 Å². The van der Waals surface area contributed by atoms with Crippen LogP contribution in [0, 0.1) is 0 Å². The van der Waals surface area contributed by atoms with Crippen molar-refractivity contribution in [2.45, 2.75) is 25.9 Å². The first kappa shape index (κ1) is 24.1. The fourth-order valence-electron chi connectivity index (χ4n) is 4.20. The number of rotatable bonds is 5. The lowest BCUT2D eigenvalue weighted by Crippen LogP contribution is -2.49. The van der Waals surface area contributed by atoms with E-state index in [4.69, 9.17) is 33.7 Å². The van der Waals surface area contributed by atoms with Gasteiger partial charge in [-0.3, -0.25) is 14.6 Å². The summed E-state index contributed by atoms with van der Waals surface area (Å²) in [5, 5.41) is 0.697. The second kappa shape index (κ2) is 10.1. The quantitative estimate of drug-likeness (QED) is 0.673. The highest BCUT2D eigenvalue weighted by Crippen LogP contribution is 2.28. The number of nitrogens with two attached hydrogens (primary N) is 1. The number of aliphatic imine (C=N–C) groups is 1. The predicted molar refractivity (Wildman–Crippen MR) is 134 cm³/mol. The zero-order valence-corrected chi connectivity index (χ0v) is 20.6. The molecule has 0 bridgehead atoms. The van der Waals surface area contributed by atoms with Crippen molar-refractivity contribution < 1.29 is 14.3 Å². The molecule has 0 spiro atoms. The summed E-state index contributed by atoms with van der Waals surface area (Å²) >= 11 is 12.1. The Kier molecular flexibility index (Phi) is 7.14. The summed E-state index contributed by atoms with van der Waals surface area (Å²) in [7, 11) is 1.62. The van der Waals surface area contributed by atoms with Crippen LogP contribution in [0.15, 0.2) is 58.7 Å². The fraction of sp³-hybridized carbons (Fsp3) is 0.320. The van der Waals surface area contributed by atoms with E-state index in [9.17, 15) is 9.59 Å². The van der Waals surface area contributed by atoms with Gasteiger partial charge in [-0.25, -0.2) is 0 Å². The van der Waals surface area contributed by atoms with Crippen LogP contribution >= 0.6 is 23.2 Å². The maximum atomic E-state index is 13.4. The van der Waals surface area contributed by atoms with Crippen molar-refractivity contribution in [1.29, 1.82) is 0 Å². The first-order chi connectivity index (χ1) is 16.3. The molecule has 2 aliphatic heterocycles. The van der Waals surface area contributed by atoms with E-state index < -0.39 is 0 Å². The molecule has 0 unspecified atom stereocenters. The summed E-state index contributed by atoms with van der Waals surface area (Å²) in [6.45, 7) is 3.58. The van der Waals surface area contributed by atoms with Gasteiger partial charge in [0.1, 0.15) is 11.5 Å². The van der Waals surface area contributed by atoms with E-state index in [1.54, 1.807) is 35.1 Å². The smallest absolute Gasteiger partial charge is 0.272 e. The molecule has 9 heteroatoms. The SMILES string of the molecule is COc1ccc(CN2CCN=C(C3=C(N)C[C@H](C)N(C(=O)c4ccc(Cl)c(Cl)c4)C3)C2=O)cc1. The minimum atomic E-state index is -0.199. The Labute approximate surface area is 208 Å². The molecule has 0 aromatic heterocycles. The minimum Gasteiger partial charge on any atom is -0.497 e. The summed E-state index contributed by atoms with van der Waals surface area (Å²) in [5.41, 5.74) is 9.32. The summed E-state index contributed by atoms with van der Waals surface area (Å²) in [4.78, 5) is 34.6. The first-order valence-electron chi connectivity index (χ1n) is 11.0. The predicted octanol–water partition coefficient (Wildman–Crippen LogP) is 3.93. The van der Waals surface area contributed by atoms with Crippen LogP contribution in [0.2, 0.25) is 10.0 Å². The van der Waals surface area contributed by atoms with Gasteiger partial charge >= 0.3 is 0 Å². The first-order valence-corrected chi connectivity index (χ1v) is 11.7. The van der Waals surface area contributed by atoms with Crippen LogP contribution < -0.4 is 10.5 Å². The van der Waals surface area contributed by atoms with Crippen LogP contribution in [0.5, 0.6) is 5.75 Å². The fourth-order valence-corrected chi connectivity index (χ4v) is 4.50. The Morgan fingerprint density at radius 3 is 2.59 bits per heavy atom. The van der Waals surface area contributed by atoms with Crippen LogP contribution in [0.1, 0.15) is 29.3 Å². The van der Waals surface area contributed by atoms with Crippen molar-refractivity contribution >= 4 is 40.7 Å². The highest BCUT2D eigenvalue weighted by Gasteiger charge is 2.35. The molecular weight excluding hydrogens is 475 g/mol. The van der Waals surface area contributed by atoms with Gasteiger partial charge < -0.3 is 20.3 Å². The molecule has 0 aliphatic carbocycles. The van der Waals surface area contributed by atoms with E-state index in [-0.39, 0.29) is 24.4 Å². The number of carbonyl (C=O) groups is 2. The van der Waals surface area contributed by atoms with Crippen molar-refractivity contribution in [2.75, 3.05) is 26.7 Å². The van der Waals surface area contributed by atoms with Gasteiger partial charge in [0.25, 0.3) is 11.8 Å². The third-order valence-electron chi connectivity index (χ3n) is 6.14. The van der Waals surface area contributed by atoms with E-state index in [1.165, 1.54) is 0 Å². The van der Waals surface area contributed by atoms with Crippen LogP contribution in [0.25, 0.3) is 0 Å².